The molecule has 148 valence electrons. The Morgan fingerprint density at radius 3 is 2.64 bits per heavy atom. The van der Waals surface area contributed by atoms with Crippen LogP contribution in [0.15, 0.2) is 48.5 Å². The molecule has 3 N–H and O–H groups in total. The second kappa shape index (κ2) is 8.63. The van der Waals surface area contributed by atoms with Crippen molar-refractivity contribution in [3.63, 3.8) is 0 Å². The van der Waals surface area contributed by atoms with Crippen molar-refractivity contribution >= 4 is 5.91 Å². The molecule has 2 aromatic carbocycles. The molecule has 2 unspecified atom stereocenters. The van der Waals surface area contributed by atoms with Gasteiger partial charge in [-0.25, -0.2) is 5.43 Å². The quantitative estimate of drug-likeness (QED) is 0.655. The molecule has 0 bridgehead atoms. The molecule has 2 aromatic rings. The Morgan fingerprint density at radius 1 is 1.07 bits per heavy atom. The summed E-state index contributed by atoms with van der Waals surface area (Å²) in [5.41, 5.74) is 8.45. The number of hydrogen-bond donors (Lipinski definition) is 3. The summed E-state index contributed by atoms with van der Waals surface area (Å²) in [4.78, 5) is 12.4. The minimum absolute atomic E-state index is 0.0269. The lowest BCUT2D eigenvalue weighted by atomic mass is 10.1. The molecular weight excluding hydrogens is 354 g/mol. The Balaban J connectivity index is 1.30. The number of nitrogens with one attached hydrogen (secondary N) is 3. The van der Waals surface area contributed by atoms with Crippen LogP contribution in [0.1, 0.15) is 30.4 Å². The number of carbonyl (C=O) groups is 1. The molecule has 1 amide bonds. The second-order valence-corrected chi connectivity index (χ2v) is 7.50. The highest BCUT2D eigenvalue weighted by molar-refractivity contribution is 5.82. The third kappa shape index (κ3) is 4.64. The molecule has 6 nitrogen and oxygen atoms in total. The molecule has 1 heterocycles. The van der Waals surface area contributed by atoms with Crippen molar-refractivity contribution < 1.29 is 14.3 Å². The molecule has 6 heteroatoms. The van der Waals surface area contributed by atoms with Crippen molar-refractivity contribution in [3.05, 3.63) is 59.7 Å². The zero-order valence-electron chi connectivity index (χ0n) is 16.1. The standard InChI is InChI=1S/C22H27N3O3/c1-27-21-11-16(7-10-20(21)28-14-15-5-3-2-4-6-15)13-23-22(26)19-12-18(24-25-19)17-8-9-17/h2-7,10-11,17-19,24-25H,8-9,12-14H2,1H3,(H,23,26). The minimum Gasteiger partial charge on any atom is -0.493 e. The van der Waals surface area contributed by atoms with Crippen molar-refractivity contribution in [3.8, 4) is 11.5 Å². The molecular formula is C22H27N3O3. The predicted molar refractivity (Wildman–Crippen MR) is 107 cm³/mol. The van der Waals surface area contributed by atoms with E-state index in [0.717, 1.165) is 23.5 Å². The summed E-state index contributed by atoms with van der Waals surface area (Å²) in [6.07, 6.45) is 3.39. The van der Waals surface area contributed by atoms with Crippen molar-refractivity contribution in [2.75, 3.05) is 7.11 Å². The summed E-state index contributed by atoms with van der Waals surface area (Å²) < 4.78 is 11.4. The van der Waals surface area contributed by atoms with Gasteiger partial charge in [0.2, 0.25) is 5.91 Å². The van der Waals surface area contributed by atoms with Crippen molar-refractivity contribution in [2.24, 2.45) is 5.92 Å². The Bertz CT molecular complexity index is 808. The number of carbonyl (C=O) groups excluding carboxylic acids is 1. The maximum atomic E-state index is 12.4. The second-order valence-electron chi connectivity index (χ2n) is 7.50. The topological polar surface area (TPSA) is 71.6 Å². The van der Waals surface area contributed by atoms with Gasteiger partial charge < -0.3 is 14.8 Å². The molecule has 2 fully saturated rings. The van der Waals surface area contributed by atoms with E-state index in [1.165, 1.54) is 12.8 Å². The first-order chi connectivity index (χ1) is 13.7. The molecule has 2 aliphatic rings. The highest BCUT2D eigenvalue weighted by Crippen LogP contribution is 2.35. The predicted octanol–water partition coefficient (Wildman–Crippen LogP) is 2.54. The summed E-state index contributed by atoms with van der Waals surface area (Å²) in [6, 6.07) is 16.0. The van der Waals surface area contributed by atoms with Crippen molar-refractivity contribution in [1.29, 1.82) is 0 Å². The fourth-order valence-electron chi connectivity index (χ4n) is 3.55. The van der Waals surface area contributed by atoms with Gasteiger partial charge in [-0.15, -0.1) is 0 Å². The smallest absolute Gasteiger partial charge is 0.238 e. The van der Waals surface area contributed by atoms with Crippen LogP contribution in [0.2, 0.25) is 0 Å². The third-order valence-corrected chi connectivity index (χ3v) is 5.37. The summed E-state index contributed by atoms with van der Waals surface area (Å²) in [7, 11) is 1.62. The largest absolute Gasteiger partial charge is 0.493 e. The van der Waals surface area contributed by atoms with Gasteiger partial charge in [-0.2, -0.15) is 0 Å². The summed E-state index contributed by atoms with van der Waals surface area (Å²) >= 11 is 0. The molecule has 28 heavy (non-hydrogen) atoms. The van der Waals surface area contributed by atoms with Gasteiger partial charge >= 0.3 is 0 Å². The van der Waals surface area contributed by atoms with Gasteiger partial charge in [-0.1, -0.05) is 36.4 Å². The summed E-state index contributed by atoms with van der Waals surface area (Å²) in [5, 5.41) is 3.01. The molecule has 1 aliphatic carbocycles. The zero-order chi connectivity index (χ0) is 19.3. The van der Waals surface area contributed by atoms with E-state index < -0.39 is 0 Å². The van der Waals surface area contributed by atoms with E-state index in [1.54, 1.807) is 7.11 Å². The van der Waals surface area contributed by atoms with E-state index in [9.17, 15) is 4.79 Å². The number of hydrazine groups is 1. The average Bonchev–Trinajstić information content (AvgIpc) is 3.48. The SMILES string of the molecule is COc1cc(CNC(=O)C2CC(C3CC3)NN2)ccc1OCc1ccccc1. The van der Waals surface area contributed by atoms with Crippen LogP contribution in [0, 0.1) is 5.92 Å². The van der Waals surface area contributed by atoms with Crippen LogP contribution < -0.4 is 25.6 Å². The van der Waals surface area contributed by atoms with Crippen LogP contribution >= 0.6 is 0 Å². The van der Waals surface area contributed by atoms with E-state index >= 15 is 0 Å². The molecule has 0 radical (unpaired) electrons. The maximum Gasteiger partial charge on any atom is 0.238 e. The van der Waals surface area contributed by atoms with E-state index in [1.807, 2.05) is 48.5 Å². The van der Waals surface area contributed by atoms with Gasteiger partial charge in [0.15, 0.2) is 11.5 Å². The van der Waals surface area contributed by atoms with E-state index in [2.05, 4.69) is 16.2 Å². The molecule has 4 rings (SSSR count). The zero-order valence-corrected chi connectivity index (χ0v) is 16.1. The first-order valence-electron chi connectivity index (χ1n) is 9.85. The van der Waals surface area contributed by atoms with Gasteiger partial charge in [0.05, 0.1) is 7.11 Å². The lowest BCUT2D eigenvalue weighted by Crippen LogP contribution is -2.43. The number of methoxy groups -OCH3 is 1. The fourth-order valence-corrected chi connectivity index (χ4v) is 3.55. The number of amides is 1. The fraction of sp³-hybridized carbons (Fsp3) is 0.409. The van der Waals surface area contributed by atoms with Crippen molar-refractivity contribution in [2.45, 2.75) is 44.5 Å². The summed E-state index contributed by atoms with van der Waals surface area (Å²) in [5.74, 6) is 2.12. The van der Waals surface area contributed by atoms with Crippen LogP contribution in [-0.2, 0) is 17.9 Å². The van der Waals surface area contributed by atoms with Crippen LogP contribution in [0.3, 0.4) is 0 Å². The maximum absolute atomic E-state index is 12.4. The van der Waals surface area contributed by atoms with Gasteiger partial charge in [-0.05, 0) is 48.4 Å². The van der Waals surface area contributed by atoms with E-state index in [-0.39, 0.29) is 11.9 Å². The number of rotatable bonds is 8. The lowest BCUT2D eigenvalue weighted by Gasteiger charge is -2.14. The molecule has 0 spiro atoms. The minimum atomic E-state index is -0.166. The van der Waals surface area contributed by atoms with Crippen LogP contribution in [0.5, 0.6) is 11.5 Å². The number of hydrogen-bond acceptors (Lipinski definition) is 5. The van der Waals surface area contributed by atoms with E-state index in [0.29, 0.717) is 30.7 Å². The third-order valence-electron chi connectivity index (χ3n) is 5.37. The molecule has 1 aliphatic heterocycles. The van der Waals surface area contributed by atoms with Crippen LogP contribution in [0.4, 0.5) is 0 Å². The Labute approximate surface area is 165 Å². The van der Waals surface area contributed by atoms with Gasteiger partial charge in [0.1, 0.15) is 12.6 Å². The Morgan fingerprint density at radius 2 is 1.89 bits per heavy atom. The summed E-state index contributed by atoms with van der Waals surface area (Å²) in [6.45, 7) is 0.941. The molecule has 1 saturated carbocycles. The molecule has 0 aromatic heterocycles. The lowest BCUT2D eigenvalue weighted by molar-refractivity contribution is -0.123. The Kier molecular flexibility index (Phi) is 5.78. The number of ether oxygens (including phenoxy) is 2. The van der Waals surface area contributed by atoms with Gasteiger partial charge in [0, 0.05) is 12.6 Å². The van der Waals surface area contributed by atoms with Gasteiger partial charge in [-0.3, -0.25) is 10.2 Å². The normalized spacial score (nSPS) is 21.3. The first kappa shape index (κ1) is 18.8. The molecule has 2 atom stereocenters. The first-order valence-corrected chi connectivity index (χ1v) is 9.85. The van der Waals surface area contributed by atoms with E-state index in [4.69, 9.17) is 9.47 Å². The Hall–Kier alpha value is -2.57. The van der Waals surface area contributed by atoms with Crippen LogP contribution in [-0.4, -0.2) is 25.1 Å². The highest BCUT2D eigenvalue weighted by Gasteiger charge is 2.38. The number of benzene rings is 2. The van der Waals surface area contributed by atoms with Crippen molar-refractivity contribution in [1.82, 2.24) is 16.2 Å². The van der Waals surface area contributed by atoms with Gasteiger partial charge in [0.25, 0.3) is 0 Å². The highest BCUT2D eigenvalue weighted by atomic mass is 16.5. The average molecular weight is 381 g/mol. The monoisotopic (exact) mass is 381 g/mol. The molecule has 1 saturated heterocycles. The van der Waals surface area contributed by atoms with Crippen LogP contribution in [0.25, 0.3) is 0 Å².